The molecule has 0 bridgehead atoms. The van der Waals surface area contributed by atoms with E-state index < -0.39 is 23.7 Å². The minimum atomic E-state index is -0.700. The normalized spacial score (nSPS) is 11.1. The molecule has 0 saturated heterocycles. The van der Waals surface area contributed by atoms with Gasteiger partial charge in [0.05, 0.1) is 13.2 Å². The first-order valence-corrected chi connectivity index (χ1v) is 9.55. The number of carbonyl (C=O) groups is 2. The van der Waals surface area contributed by atoms with Crippen molar-refractivity contribution in [2.24, 2.45) is 0 Å². The maximum absolute atomic E-state index is 12.2. The number of carbonyl (C=O) groups excluding carboxylic acids is 2. The summed E-state index contributed by atoms with van der Waals surface area (Å²) in [5.74, 6) is -0.603. The molecule has 0 saturated carbocycles. The van der Waals surface area contributed by atoms with Crippen LogP contribution in [0.2, 0.25) is 0 Å². The number of hydrogen-bond donors (Lipinski definition) is 4. The zero-order valence-electron chi connectivity index (χ0n) is 17.3. The van der Waals surface area contributed by atoms with Crippen LogP contribution in [0.1, 0.15) is 37.8 Å². The first-order valence-electron chi connectivity index (χ1n) is 9.55. The number of hydrogen-bond acceptors (Lipinski definition) is 6. The molecule has 0 aliphatic carbocycles. The first-order chi connectivity index (χ1) is 14.2. The average molecular weight is 416 g/mol. The molecule has 0 aliphatic heterocycles. The Morgan fingerprint density at radius 3 is 2.23 bits per heavy atom. The second-order valence-electron chi connectivity index (χ2n) is 7.68. The number of amides is 2. The number of rotatable bonds is 7. The van der Waals surface area contributed by atoms with Gasteiger partial charge in [-0.1, -0.05) is 36.4 Å². The number of aliphatic hydroxyl groups is 2. The number of nitrogens with one attached hydrogen (secondary N) is 2. The van der Waals surface area contributed by atoms with Crippen molar-refractivity contribution >= 4 is 23.6 Å². The fourth-order valence-electron chi connectivity index (χ4n) is 2.64. The Labute approximate surface area is 175 Å². The van der Waals surface area contributed by atoms with Crippen LogP contribution in [0.15, 0.2) is 48.5 Å². The predicted octanol–water partition coefficient (Wildman–Crippen LogP) is 3.85. The molecule has 2 amide bonds. The van der Waals surface area contributed by atoms with Gasteiger partial charge in [0.25, 0.3) is 0 Å². The second kappa shape index (κ2) is 10.6. The second-order valence-corrected chi connectivity index (χ2v) is 7.68. The summed E-state index contributed by atoms with van der Waals surface area (Å²) in [6.45, 7) is 4.69. The molecule has 0 atom stereocenters. The lowest BCUT2D eigenvalue weighted by molar-refractivity contribution is 0.0635. The lowest BCUT2D eigenvalue weighted by Gasteiger charge is -2.22. The molecule has 4 N–H and O–H groups in total. The highest BCUT2D eigenvalue weighted by Crippen LogP contribution is 2.28. The lowest BCUT2D eigenvalue weighted by atomic mass is 9.98. The molecule has 162 valence electrons. The fraction of sp³-hybridized carbons (Fsp3) is 0.364. The van der Waals surface area contributed by atoms with Gasteiger partial charge < -0.3 is 19.7 Å². The first kappa shape index (κ1) is 23.2. The van der Waals surface area contributed by atoms with Crippen molar-refractivity contribution in [1.29, 1.82) is 0 Å². The lowest BCUT2D eigenvalue weighted by Crippen LogP contribution is -2.28. The Hall–Kier alpha value is -3.10. The van der Waals surface area contributed by atoms with Crippen molar-refractivity contribution < 1.29 is 29.3 Å². The van der Waals surface area contributed by atoms with Crippen LogP contribution in [0.5, 0.6) is 0 Å². The standard InChI is InChI=1S/C22H28N2O6/c1-22(2,3)30-21(28)24-19-11-17(9-10-18(19)16(12-25)13-26)23-20(27)29-14-15-7-5-4-6-8-15/h4-11,16,25-26H,12-14H2,1-3H3,(H,23,27)(H,24,28). The van der Waals surface area contributed by atoms with Crippen molar-refractivity contribution in [3.05, 3.63) is 59.7 Å². The highest BCUT2D eigenvalue weighted by Gasteiger charge is 2.20. The monoisotopic (exact) mass is 416 g/mol. The van der Waals surface area contributed by atoms with E-state index in [1.54, 1.807) is 32.9 Å². The van der Waals surface area contributed by atoms with Crippen LogP contribution in [0.3, 0.4) is 0 Å². The molecule has 8 nitrogen and oxygen atoms in total. The molecule has 0 radical (unpaired) electrons. The largest absolute Gasteiger partial charge is 0.444 e. The van der Waals surface area contributed by atoms with E-state index in [2.05, 4.69) is 10.6 Å². The van der Waals surface area contributed by atoms with E-state index in [1.807, 2.05) is 30.3 Å². The van der Waals surface area contributed by atoms with Crippen molar-refractivity contribution in [3.63, 3.8) is 0 Å². The molecule has 0 aromatic heterocycles. The zero-order chi connectivity index (χ0) is 22.1. The van der Waals surface area contributed by atoms with E-state index in [0.29, 0.717) is 16.9 Å². The topological polar surface area (TPSA) is 117 Å². The van der Waals surface area contributed by atoms with E-state index in [4.69, 9.17) is 9.47 Å². The quantitative estimate of drug-likeness (QED) is 0.545. The van der Waals surface area contributed by atoms with Gasteiger partial charge >= 0.3 is 12.2 Å². The Bertz CT molecular complexity index is 844. The minimum absolute atomic E-state index is 0.116. The van der Waals surface area contributed by atoms with Crippen LogP contribution >= 0.6 is 0 Å². The molecule has 0 fully saturated rings. The molecule has 2 aromatic rings. The molecule has 0 aliphatic rings. The molecule has 30 heavy (non-hydrogen) atoms. The van der Waals surface area contributed by atoms with Gasteiger partial charge in [-0.25, -0.2) is 9.59 Å². The smallest absolute Gasteiger partial charge is 0.412 e. The highest BCUT2D eigenvalue weighted by atomic mass is 16.6. The molecule has 2 aromatic carbocycles. The summed E-state index contributed by atoms with van der Waals surface area (Å²) in [6, 6.07) is 14.0. The van der Waals surface area contributed by atoms with E-state index >= 15 is 0 Å². The highest BCUT2D eigenvalue weighted by molar-refractivity contribution is 5.90. The summed E-state index contributed by atoms with van der Waals surface area (Å²) < 4.78 is 10.5. The Balaban J connectivity index is 2.14. The third-order valence-corrected chi connectivity index (χ3v) is 4.03. The summed E-state index contributed by atoms with van der Waals surface area (Å²) >= 11 is 0. The van der Waals surface area contributed by atoms with Crippen molar-refractivity contribution in [1.82, 2.24) is 0 Å². The van der Waals surface area contributed by atoms with Crippen LogP contribution < -0.4 is 10.6 Å². The predicted molar refractivity (Wildman–Crippen MR) is 113 cm³/mol. The van der Waals surface area contributed by atoms with Gasteiger partial charge in [0, 0.05) is 17.3 Å². The molecule has 0 unspecified atom stereocenters. The van der Waals surface area contributed by atoms with Gasteiger partial charge in [-0.3, -0.25) is 10.6 Å². The zero-order valence-corrected chi connectivity index (χ0v) is 17.3. The summed E-state index contributed by atoms with van der Waals surface area (Å²) in [5, 5.41) is 24.3. The van der Waals surface area contributed by atoms with Gasteiger partial charge in [-0.2, -0.15) is 0 Å². The summed E-state index contributed by atoms with van der Waals surface area (Å²) in [7, 11) is 0. The van der Waals surface area contributed by atoms with Crippen LogP contribution in [0.4, 0.5) is 21.0 Å². The van der Waals surface area contributed by atoms with Gasteiger partial charge in [-0.05, 0) is 44.0 Å². The Morgan fingerprint density at radius 1 is 0.967 bits per heavy atom. The van der Waals surface area contributed by atoms with Crippen molar-refractivity contribution in [2.45, 2.75) is 38.9 Å². The third-order valence-electron chi connectivity index (χ3n) is 4.03. The van der Waals surface area contributed by atoms with E-state index in [9.17, 15) is 19.8 Å². The number of aliphatic hydroxyl groups excluding tert-OH is 2. The maximum Gasteiger partial charge on any atom is 0.412 e. The molecular weight excluding hydrogens is 388 g/mol. The van der Waals surface area contributed by atoms with Gasteiger partial charge in [0.2, 0.25) is 0 Å². The van der Waals surface area contributed by atoms with Crippen LogP contribution in [0, 0.1) is 0 Å². The van der Waals surface area contributed by atoms with E-state index in [-0.39, 0.29) is 19.8 Å². The maximum atomic E-state index is 12.2. The summed E-state index contributed by atoms with van der Waals surface area (Å²) in [6.07, 6.45) is -1.35. The molecule has 8 heteroatoms. The van der Waals surface area contributed by atoms with Crippen molar-refractivity contribution in [2.75, 3.05) is 23.8 Å². The fourth-order valence-corrected chi connectivity index (χ4v) is 2.64. The van der Waals surface area contributed by atoms with E-state index in [0.717, 1.165) is 5.56 Å². The Morgan fingerprint density at radius 2 is 1.63 bits per heavy atom. The summed E-state index contributed by atoms with van der Waals surface area (Å²) in [5.41, 5.74) is 1.34. The summed E-state index contributed by atoms with van der Waals surface area (Å²) in [4.78, 5) is 24.3. The SMILES string of the molecule is CC(C)(C)OC(=O)Nc1cc(NC(=O)OCc2ccccc2)ccc1C(CO)CO. The van der Waals surface area contributed by atoms with E-state index in [1.165, 1.54) is 6.07 Å². The number of anilines is 2. The van der Waals surface area contributed by atoms with Crippen molar-refractivity contribution in [3.8, 4) is 0 Å². The minimum Gasteiger partial charge on any atom is -0.444 e. The molecule has 0 heterocycles. The Kier molecular flexibility index (Phi) is 8.20. The van der Waals surface area contributed by atoms with Gasteiger partial charge in [0.1, 0.15) is 12.2 Å². The number of benzene rings is 2. The molecule has 2 rings (SSSR count). The molecule has 0 spiro atoms. The van der Waals surface area contributed by atoms with Gasteiger partial charge in [-0.15, -0.1) is 0 Å². The van der Waals surface area contributed by atoms with Gasteiger partial charge in [0.15, 0.2) is 0 Å². The number of ether oxygens (including phenoxy) is 2. The van der Waals surface area contributed by atoms with Crippen LogP contribution in [-0.4, -0.2) is 41.2 Å². The van der Waals surface area contributed by atoms with Crippen LogP contribution in [0.25, 0.3) is 0 Å². The third kappa shape index (κ3) is 7.38. The van der Waals surface area contributed by atoms with Crippen LogP contribution in [-0.2, 0) is 16.1 Å². The average Bonchev–Trinajstić information content (AvgIpc) is 2.68. The molecular formula is C22H28N2O6.